The Morgan fingerprint density at radius 2 is 1.94 bits per heavy atom. The molecule has 0 fully saturated rings. The SMILES string of the molecule is COc1ccc(-c2oc3c(c2CC(=O)NCCc2cnc[nH]2)c(=O)oc2ccccc23)cc1. The van der Waals surface area contributed by atoms with Crippen LogP contribution in [0.2, 0.25) is 0 Å². The van der Waals surface area contributed by atoms with Crippen LogP contribution in [0, 0.1) is 0 Å². The number of carbonyl (C=O) groups excluding carboxylic acids is 1. The molecule has 0 saturated carbocycles. The second-order valence-electron chi connectivity index (χ2n) is 7.58. The molecule has 0 spiro atoms. The molecule has 0 aliphatic carbocycles. The second-order valence-corrected chi connectivity index (χ2v) is 7.58. The van der Waals surface area contributed by atoms with Crippen molar-refractivity contribution in [3.8, 4) is 17.1 Å². The molecule has 33 heavy (non-hydrogen) atoms. The molecular formula is C25H21N3O5. The summed E-state index contributed by atoms with van der Waals surface area (Å²) in [5.41, 5.74) is 2.46. The molecule has 0 saturated heterocycles. The molecule has 0 unspecified atom stereocenters. The van der Waals surface area contributed by atoms with Crippen LogP contribution in [0.3, 0.4) is 0 Å². The van der Waals surface area contributed by atoms with E-state index in [0.29, 0.717) is 46.6 Å². The quantitative estimate of drug-likeness (QED) is 0.370. The van der Waals surface area contributed by atoms with Gasteiger partial charge in [0.25, 0.3) is 0 Å². The van der Waals surface area contributed by atoms with Gasteiger partial charge in [0.15, 0.2) is 5.58 Å². The molecule has 5 aromatic rings. The summed E-state index contributed by atoms with van der Waals surface area (Å²) in [5, 5.41) is 3.85. The molecule has 8 heteroatoms. The van der Waals surface area contributed by atoms with Crippen molar-refractivity contribution in [2.45, 2.75) is 12.8 Å². The number of aromatic amines is 1. The number of hydrogen-bond acceptors (Lipinski definition) is 6. The zero-order valence-corrected chi connectivity index (χ0v) is 17.9. The van der Waals surface area contributed by atoms with Gasteiger partial charge in [-0.1, -0.05) is 12.1 Å². The summed E-state index contributed by atoms with van der Waals surface area (Å²) in [6, 6.07) is 14.5. The van der Waals surface area contributed by atoms with Crippen LogP contribution >= 0.6 is 0 Å². The molecule has 0 aliphatic heterocycles. The third-order valence-electron chi connectivity index (χ3n) is 5.51. The number of rotatable bonds is 7. The van der Waals surface area contributed by atoms with E-state index in [2.05, 4.69) is 15.3 Å². The highest BCUT2D eigenvalue weighted by atomic mass is 16.5. The highest BCUT2D eigenvalue weighted by Gasteiger charge is 2.24. The Kier molecular flexibility index (Phi) is 5.40. The molecule has 8 nitrogen and oxygen atoms in total. The zero-order chi connectivity index (χ0) is 22.8. The highest BCUT2D eigenvalue weighted by Crippen LogP contribution is 2.36. The number of methoxy groups -OCH3 is 1. The van der Waals surface area contributed by atoms with Gasteiger partial charge in [0.05, 0.1) is 25.2 Å². The number of nitrogens with one attached hydrogen (secondary N) is 2. The molecule has 166 valence electrons. The summed E-state index contributed by atoms with van der Waals surface area (Å²) in [6.07, 6.45) is 3.91. The van der Waals surface area contributed by atoms with Crippen molar-refractivity contribution >= 4 is 27.8 Å². The van der Waals surface area contributed by atoms with Crippen LogP contribution in [0.15, 0.2) is 74.7 Å². The minimum atomic E-state index is -0.535. The van der Waals surface area contributed by atoms with Crippen LogP contribution in [0.25, 0.3) is 33.3 Å². The van der Waals surface area contributed by atoms with Gasteiger partial charge >= 0.3 is 5.63 Å². The van der Waals surface area contributed by atoms with Gasteiger partial charge in [-0.15, -0.1) is 0 Å². The van der Waals surface area contributed by atoms with Crippen LogP contribution < -0.4 is 15.7 Å². The Balaban J connectivity index is 1.56. The summed E-state index contributed by atoms with van der Waals surface area (Å²) in [7, 11) is 1.59. The summed E-state index contributed by atoms with van der Waals surface area (Å²) in [6.45, 7) is 0.437. The largest absolute Gasteiger partial charge is 0.497 e. The lowest BCUT2D eigenvalue weighted by atomic mass is 10.0. The summed E-state index contributed by atoms with van der Waals surface area (Å²) >= 11 is 0. The van der Waals surface area contributed by atoms with Crippen molar-refractivity contribution in [2.24, 2.45) is 0 Å². The third kappa shape index (κ3) is 3.98. The summed E-state index contributed by atoms with van der Waals surface area (Å²) < 4.78 is 17.0. The topological polar surface area (TPSA) is 110 Å². The molecule has 0 radical (unpaired) electrons. The number of hydrogen-bond donors (Lipinski definition) is 2. The van der Waals surface area contributed by atoms with Gasteiger partial charge in [0.2, 0.25) is 5.91 Å². The van der Waals surface area contributed by atoms with Crippen molar-refractivity contribution < 1.29 is 18.4 Å². The van der Waals surface area contributed by atoms with Crippen LogP contribution in [0.5, 0.6) is 5.75 Å². The van der Waals surface area contributed by atoms with E-state index in [4.69, 9.17) is 13.6 Å². The Labute approximate surface area is 188 Å². The monoisotopic (exact) mass is 443 g/mol. The van der Waals surface area contributed by atoms with Crippen LogP contribution in [-0.4, -0.2) is 29.5 Å². The normalized spacial score (nSPS) is 11.2. The number of furan rings is 1. The van der Waals surface area contributed by atoms with Crippen molar-refractivity contribution in [1.29, 1.82) is 0 Å². The van der Waals surface area contributed by atoms with E-state index >= 15 is 0 Å². The van der Waals surface area contributed by atoms with Crippen molar-refractivity contribution in [2.75, 3.05) is 13.7 Å². The van der Waals surface area contributed by atoms with E-state index < -0.39 is 5.63 Å². The molecule has 0 atom stereocenters. The van der Waals surface area contributed by atoms with E-state index in [-0.39, 0.29) is 17.7 Å². The Hall–Kier alpha value is -4.33. The predicted molar refractivity (Wildman–Crippen MR) is 123 cm³/mol. The molecule has 3 aromatic heterocycles. The highest BCUT2D eigenvalue weighted by molar-refractivity contribution is 6.05. The maximum atomic E-state index is 12.9. The van der Waals surface area contributed by atoms with Crippen molar-refractivity contribution in [3.05, 3.63) is 82.7 Å². The number of ether oxygens (including phenoxy) is 1. The van der Waals surface area contributed by atoms with E-state index in [0.717, 1.165) is 11.3 Å². The minimum Gasteiger partial charge on any atom is -0.497 e. The van der Waals surface area contributed by atoms with Gasteiger partial charge in [-0.3, -0.25) is 4.79 Å². The molecule has 2 N–H and O–H groups in total. The number of benzene rings is 2. The predicted octanol–water partition coefficient (Wildman–Crippen LogP) is 3.84. The fraction of sp³-hybridized carbons (Fsp3) is 0.160. The molecule has 0 bridgehead atoms. The van der Waals surface area contributed by atoms with Gasteiger partial charge in [-0.25, -0.2) is 9.78 Å². The number of amides is 1. The molecule has 5 rings (SSSR count). The van der Waals surface area contributed by atoms with Crippen molar-refractivity contribution in [1.82, 2.24) is 15.3 Å². The van der Waals surface area contributed by atoms with Gasteiger partial charge < -0.3 is 23.9 Å². The molecule has 2 aromatic carbocycles. The second kappa shape index (κ2) is 8.66. The number of para-hydroxylation sites is 1. The van der Waals surface area contributed by atoms with Gasteiger partial charge in [0.1, 0.15) is 22.5 Å². The van der Waals surface area contributed by atoms with E-state index in [1.807, 2.05) is 24.3 Å². The maximum Gasteiger partial charge on any atom is 0.347 e. The minimum absolute atomic E-state index is 0.0273. The number of imidazole rings is 1. The van der Waals surface area contributed by atoms with Crippen LogP contribution in [-0.2, 0) is 17.6 Å². The number of H-pyrrole nitrogens is 1. The first kappa shape index (κ1) is 20.6. The fourth-order valence-electron chi connectivity index (χ4n) is 3.89. The average molecular weight is 443 g/mol. The van der Waals surface area contributed by atoms with Crippen LogP contribution in [0.4, 0.5) is 0 Å². The average Bonchev–Trinajstić information content (AvgIpc) is 3.48. The Bertz CT molecular complexity index is 1480. The first-order valence-corrected chi connectivity index (χ1v) is 10.5. The van der Waals surface area contributed by atoms with Gasteiger partial charge in [-0.2, -0.15) is 0 Å². The Morgan fingerprint density at radius 1 is 1.12 bits per heavy atom. The molecular weight excluding hydrogens is 422 g/mol. The number of nitrogens with zero attached hydrogens (tertiary/aromatic N) is 1. The standard InChI is InChI=1S/C25H21N3O5/c1-31-17-8-6-15(7-9-17)23-19(12-21(29)27-11-10-16-13-26-14-28-16)22-24(33-23)18-4-2-3-5-20(18)32-25(22)30/h2-9,13-14H,10-12H2,1H3,(H,26,28)(H,27,29). The molecule has 1 amide bonds. The fourth-order valence-corrected chi connectivity index (χ4v) is 3.89. The first-order valence-electron chi connectivity index (χ1n) is 10.5. The van der Waals surface area contributed by atoms with Crippen LogP contribution in [0.1, 0.15) is 11.3 Å². The number of fused-ring (bicyclic) bond motifs is 3. The lowest BCUT2D eigenvalue weighted by Gasteiger charge is -2.06. The lowest BCUT2D eigenvalue weighted by Crippen LogP contribution is -2.27. The van der Waals surface area contributed by atoms with E-state index in [1.54, 1.807) is 43.9 Å². The van der Waals surface area contributed by atoms with Gasteiger partial charge in [0, 0.05) is 36.0 Å². The maximum absolute atomic E-state index is 12.9. The smallest absolute Gasteiger partial charge is 0.347 e. The first-order chi connectivity index (χ1) is 16.1. The number of carbonyl (C=O) groups is 1. The zero-order valence-electron chi connectivity index (χ0n) is 17.9. The summed E-state index contributed by atoms with van der Waals surface area (Å²) in [5.74, 6) is 0.928. The Morgan fingerprint density at radius 3 is 2.70 bits per heavy atom. The lowest BCUT2D eigenvalue weighted by molar-refractivity contribution is -0.120. The third-order valence-corrected chi connectivity index (χ3v) is 5.51. The van der Waals surface area contributed by atoms with Gasteiger partial charge in [-0.05, 0) is 36.4 Å². The number of aromatic nitrogens is 2. The van der Waals surface area contributed by atoms with E-state index in [9.17, 15) is 9.59 Å². The van der Waals surface area contributed by atoms with E-state index in [1.165, 1.54) is 0 Å². The molecule has 0 aliphatic rings. The molecule has 3 heterocycles. The summed E-state index contributed by atoms with van der Waals surface area (Å²) in [4.78, 5) is 32.7. The van der Waals surface area contributed by atoms with Crippen molar-refractivity contribution in [3.63, 3.8) is 0 Å².